The van der Waals surface area contributed by atoms with Gasteiger partial charge in [-0.3, -0.25) is 0 Å². The van der Waals surface area contributed by atoms with Crippen LogP contribution in [0.3, 0.4) is 0 Å². The third-order valence-corrected chi connectivity index (χ3v) is 1.64. The molecule has 1 aromatic rings. The van der Waals surface area contributed by atoms with Crippen LogP contribution in [0.25, 0.3) is 4.85 Å². The first-order valence-electron chi connectivity index (χ1n) is 3.67. The van der Waals surface area contributed by atoms with E-state index in [0.29, 0.717) is 0 Å². The van der Waals surface area contributed by atoms with Crippen molar-refractivity contribution in [1.82, 2.24) is 4.98 Å². The molecule has 15 heavy (non-hydrogen) atoms. The van der Waals surface area contributed by atoms with Gasteiger partial charge in [0, 0.05) is 0 Å². The van der Waals surface area contributed by atoms with Crippen LogP contribution in [0.5, 0.6) is 0 Å². The Hall–Kier alpha value is -2.52. The van der Waals surface area contributed by atoms with E-state index in [4.69, 9.17) is 17.1 Å². The maximum Gasteiger partial charge on any atom is 0.247 e. The molecule has 72 valence electrons. The summed E-state index contributed by atoms with van der Waals surface area (Å²) in [7, 11) is 0. The average molecular weight is 204 g/mol. The Labute approximate surface area is 83.8 Å². The zero-order valence-electron chi connectivity index (χ0n) is 7.25. The van der Waals surface area contributed by atoms with Crippen molar-refractivity contribution >= 4 is 0 Å². The van der Waals surface area contributed by atoms with Crippen LogP contribution >= 0.6 is 0 Å². The van der Waals surface area contributed by atoms with Crippen LogP contribution in [-0.2, 0) is 6.54 Å². The van der Waals surface area contributed by atoms with Gasteiger partial charge in [0.15, 0.2) is 11.5 Å². The van der Waals surface area contributed by atoms with Crippen molar-refractivity contribution in [2.45, 2.75) is 6.54 Å². The van der Waals surface area contributed by atoms with Crippen molar-refractivity contribution in [2.75, 3.05) is 0 Å². The zero-order valence-corrected chi connectivity index (χ0v) is 7.25. The van der Waals surface area contributed by atoms with Crippen LogP contribution in [-0.4, -0.2) is 4.98 Å². The van der Waals surface area contributed by atoms with E-state index in [0.717, 1.165) is 0 Å². The molecule has 0 radical (unpaired) electrons. The lowest BCUT2D eigenvalue weighted by atomic mass is 10.1. The third-order valence-electron chi connectivity index (χ3n) is 1.64. The number of rotatable bonds is 1. The lowest BCUT2D eigenvalue weighted by Gasteiger charge is -2.00. The fraction of sp³-hybridized carbons (Fsp3) is 0.111. The summed E-state index contributed by atoms with van der Waals surface area (Å²) in [5.41, 5.74) is -1.82. The summed E-state index contributed by atoms with van der Waals surface area (Å²) >= 11 is 0. The SMILES string of the molecule is [C-]#[N+]Cc1c(F)nc(C#N)c(C#N)c1F. The van der Waals surface area contributed by atoms with Gasteiger partial charge in [0.2, 0.25) is 12.5 Å². The van der Waals surface area contributed by atoms with Crippen molar-refractivity contribution < 1.29 is 8.78 Å². The summed E-state index contributed by atoms with van der Waals surface area (Å²) in [5, 5.41) is 17.0. The van der Waals surface area contributed by atoms with Gasteiger partial charge < -0.3 is 4.85 Å². The van der Waals surface area contributed by atoms with Crippen LogP contribution in [0.2, 0.25) is 0 Å². The van der Waals surface area contributed by atoms with Gasteiger partial charge in [0.25, 0.3) is 0 Å². The molecule has 0 saturated heterocycles. The molecule has 0 saturated carbocycles. The van der Waals surface area contributed by atoms with Crippen molar-refractivity contribution in [1.29, 1.82) is 10.5 Å². The topological polar surface area (TPSA) is 64.8 Å². The van der Waals surface area contributed by atoms with E-state index in [1.165, 1.54) is 12.1 Å². The Kier molecular flexibility index (Phi) is 2.91. The maximum absolute atomic E-state index is 13.4. The predicted molar refractivity (Wildman–Crippen MR) is 43.9 cm³/mol. The van der Waals surface area contributed by atoms with Gasteiger partial charge in [-0.1, -0.05) is 0 Å². The number of nitriles is 2. The highest BCUT2D eigenvalue weighted by Gasteiger charge is 2.21. The van der Waals surface area contributed by atoms with Gasteiger partial charge in [-0.15, -0.1) is 0 Å². The first-order valence-corrected chi connectivity index (χ1v) is 3.67. The van der Waals surface area contributed by atoms with E-state index < -0.39 is 35.1 Å². The second-order valence-corrected chi connectivity index (χ2v) is 2.46. The van der Waals surface area contributed by atoms with Gasteiger partial charge in [-0.05, 0) is 0 Å². The molecule has 0 atom stereocenters. The first kappa shape index (κ1) is 10.6. The molecule has 0 fully saturated rings. The molecular weight excluding hydrogens is 202 g/mol. The second-order valence-electron chi connectivity index (χ2n) is 2.46. The highest BCUT2D eigenvalue weighted by Crippen LogP contribution is 2.18. The van der Waals surface area contributed by atoms with E-state index in [2.05, 4.69) is 9.83 Å². The van der Waals surface area contributed by atoms with Crippen molar-refractivity contribution in [3.8, 4) is 12.1 Å². The van der Waals surface area contributed by atoms with Gasteiger partial charge >= 0.3 is 0 Å². The number of aromatic nitrogens is 1. The Balaban J connectivity index is 3.57. The summed E-state index contributed by atoms with van der Waals surface area (Å²) in [5.74, 6) is -2.41. The third kappa shape index (κ3) is 1.72. The van der Waals surface area contributed by atoms with Crippen molar-refractivity contribution in [3.05, 3.63) is 40.0 Å². The maximum atomic E-state index is 13.4. The van der Waals surface area contributed by atoms with E-state index in [-0.39, 0.29) is 0 Å². The highest BCUT2D eigenvalue weighted by molar-refractivity contribution is 5.44. The van der Waals surface area contributed by atoms with Crippen molar-refractivity contribution in [3.63, 3.8) is 0 Å². The fourth-order valence-corrected chi connectivity index (χ4v) is 0.964. The zero-order chi connectivity index (χ0) is 11.4. The summed E-state index contributed by atoms with van der Waals surface area (Å²) in [6, 6.07) is 2.82. The molecule has 0 aliphatic rings. The smallest absolute Gasteiger partial charge is 0.247 e. The minimum absolute atomic E-state index is 0.551. The molecule has 0 aliphatic carbocycles. The van der Waals surface area contributed by atoms with E-state index in [9.17, 15) is 8.78 Å². The quantitative estimate of drug-likeness (QED) is 0.514. The Bertz CT molecular complexity index is 531. The van der Waals surface area contributed by atoms with Gasteiger partial charge in [0.1, 0.15) is 23.3 Å². The molecule has 0 amide bonds. The van der Waals surface area contributed by atoms with E-state index in [1.54, 1.807) is 0 Å². The normalized spacial score (nSPS) is 8.73. The van der Waals surface area contributed by atoms with E-state index in [1.807, 2.05) is 0 Å². The Morgan fingerprint density at radius 2 is 2.00 bits per heavy atom. The molecule has 6 heteroatoms. The van der Waals surface area contributed by atoms with Crippen LogP contribution in [0, 0.1) is 41.0 Å². The average Bonchev–Trinajstić information content (AvgIpc) is 2.23. The summed E-state index contributed by atoms with van der Waals surface area (Å²) in [4.78, 5) is 5.90. The molecule has 0 N–H and O–H groups in total. The summed E-state index contributed by atoms with van der Waals surface area (Å²) < 4.78 is 26.4. The number of hydrogen-bond donors (Lipinski definition) is 0. The molecule has 0 unspecified atom stereocenters. The molecule has 1 aromatic heterocycles. The molecule has 4 nitrogen and oxygen atoms in total. The first-order chi connectivity index (χ1) is 7.15. The summed E-state index contributed by atoms with van der Waals surface area (Å²) in [6.07, 6.45) is 0. The molecule has 0 bridgehead atoms. The van der Waals surface area contributed by atoms with Crippen LogP contribution in [0.15, 0.2) is 0 Å². The number of pyridine rings is 1. The molecule has 0 aromatic carbocycles. The van der Waals surface area contributed by atoms with Crippen LogP contribution in [0.1, 0.15) is 16.8 Å². The monoisotopic (exact) mass is 204 g/mol. The lowest BCUT2D eigenvalue weighted by Crippen LogP contribution is -2.04. The Morgan fingerprint density at radius 3 is 2.47 bits per heavy atom. The summed E-state index contributed by atoms with van der Waals surface area (Å²) in [6.45, 7) is 5.92. The van der Waals surface area contributed by atoms with Gasteiger partial charge in [-0.2, -0.15) is 14.9 Å². The van der Waals surface area contributed by atoms with Crippen LogP contribution in [0.4, 0.5) is 8.78 Å². The van der Waals surface area contributed by atoms with Crippen molar-refractivity contribution in [2.24, 2.45) is 0 Å². The fourth-order valence-electron chi connectivity index (χ4n) is 0.964. The number of nitrogens with zero attached hydrogens (tertiary/aromatic N) is 4. The lowest BCUT2D eigenvalue weighted by molar-refractivity contribution is 0.528. The minimum atomic E-state index is -1.22. The standard InChI is InChI=1S/C9H2F2N4/c1-14-4-6-8(10)5(2-12)7(3-13)15-9(6)11/h4H2. The number of hydrogen-bond acceptors (Lipinski definition) is 3. The minimum Gasteiger partial charge on any atom is -0.311 e. The highest BCUT2D eigenvalue weighted by atomic mass is 19.1. The molecule has 0 aliphatic heterocycles. The molecular formula is C9H2F2N4. The molecule has 1 heterocycles. The Morgan fingerprint density at radius 1 is 1.33 bits per heavy atom. The van der Waals surface area contributed by atoms with Gasteiger partial charge in [-0.25, -0.2) is 15.9 Å². The molecule has 1 rings (SSSR count). The van der Waals surface area contributed by atoms with E-state index >= 15 is 0 Å². The largest absolute Gasteiger partial charge is 0.311 e. The molecule has 0 spiro atoms. The predicted octanol–water partition coefficient (Wildman–Crippen LogP) is 1.52. The van der Waals surface area contributed by atoms with Gasteiger partial charge in [0.05, 0.1) is 0 Å². The number of halogens is 2. The van der Waals surface area contributed by atoms with Crippen LogP contribution < -0.4 is 0 Å². The second kappa shape index (κ2) is 4.13.